The van der Waals surface area contributed by atoms with Crippen LogP contribution in [0.25, 0.3) is 0 Å². The van der Waals surface area contributed by atoms with E-state index < -0.39 is 0 Å². The summed E-state index contributed by atoms with van der Waals surface area (Å²) in [5.74, 6) is 0.650. The summed E-state index contributed by atoms with van der Waals surface area (Å²) in [4.78, 5) is 0. The lowest BCUT2D eigenvalue weighted by Crippen LogP contribution is -2.12. The molecule has 3 heteroatoms. The van der Waals surface area contributed by atoms with Gasteiger partial charge < -0.3 is 5.73 Å². The first-order chi connectivity index (χ1) is 7.02. The van der Waals surface area contributed by atoms with Crippen LogP contribution >= 0.6 is 23.2 Å². The largest absolute Gasteiger partial charge is 0.324 e. The predicted octanol–water partition coefficient (Wildman–Crippen LogP) is 4.43. The van der Waals surface area contributed by atoms with Gasteiger partial charge in [0.15, 0.2) is 0 Å². The van der Waals surface area contributed by atoms with E-state index in [1.165, 1.54) is 0 Å². The van der Waals surface area contributed by atoms with Crippen LogP contribution in [0.2, 0.25) is 10.0 Å². The van der Waals surface area contributed by atoms with Crippen LogP contribution in [0.5, 0.6) is 0 Å². The molecule has 0 aliphatic carbocycles. The fraction of sp³-hybridized carbons (Fsp3) is 0.500. The van der Waals surface area contributed by atoms with Crippen molar-refractivity contribution in [2.45, 2.75) is 32.7 Å². The summed E-state index contributed by atoms with van der Waals surface area (Å²) in [7, 11) is 0. The van der Waals surface area contributed by atoms with Gasteiger partial charge in [-0.3, -0.25) is 0 Å². The lowest BCUT2D eigenvalue weighted by Gasteiger charge is -2.16. The van der Waals surface area contributed by atoms with E-state index in [4.69, 9.17) is 28.9 Å². The maximum atomic E-state index is 6.08. The molecule has 0 amide bonds. The second-order valence-electron chi connectivity index (χ2n) is 4.21. The van der Waals surface area contributed by atoms with Gasteiger partial charge in [-0.15, -0.1) is 0 Å². The van der Waals surface area contributed by atoms with Gasteiger partial charge in [-0.2, -0.15) is 0 Å². The Balaban J connectivity index is 2.77. The van der Waals surface area contributed by atoms with Crippen molar-refractivity contribution in [1.82, 2.24) is 0 Å². The minimum absolute atomic E-state index is 0.0615. The quantitative estimate of drug-likeness (QED) is 0.835. The molecule has 2 N–H and O–H groups in total. The molecule has 0 saturated heterocycles. The summed E-state index contributed by atoms with van der Waals surface area (Å²) in [6.45, 7) is 4.36. The molecule has 0 aromatic heterocycles. The zero-order valence-corrected chi connectivity index (χ0v) is 10.6. The fourth-order valence-corrected chi connectivity index (χ4v) is 2.20. The molecule has 1 rings (SSSR count). The predicted molar refractivity (Wildman–Crippen MR) is 67.5 cm³/mol. The minimum Gasteiger partial charge on any atom is -0.324 e. The third kappa shape index (κ3) is 3.67. The summed E-state index contributed by atoms with van der Waals surface area (Å²) in [5, 5.41) is 1.33. The van der Waals surface area contributed by atoms with Gasteiger partial charge in [0.1, 0.15) is 0 Å². The normalized spacial score (nSPS) is 13.2. The first-order valence-electron chi connectivity index (χ1n) is 5.22. The molecular weight excluding hydrogens is 229 g/mol. The zero-order chi connectivity index (χ0) is 11.4. The maximum absolute atomic E-state index is 6.08. The van der Waals surface area contributed by atoms with E-state index in [2.05, 4.69) is 13.8 Å². The van der Waals surface area contributed by atoms with Gasteiger partial charge in [-0.1, -0.05) is 43.1 Å². The van der Waals surface area contributed by atoms with Gasteiger partial charge >= 0.3 is 0 Å². The van der Waals surface area contributed by atoms with E-state index >= 15 is 0 Å². The van der Waals surface area contributed by atoms with Crippen LogP contribution in [0.1, 0.15) is 38.3 Å². The van der Waals surface area contributed by atoms with Crippen molar-refractivity contribution in [1.29, 1.82) is 0 Å². The Morgan fingerprint density at radius 2 is 1.67 bits per heavy atom. The highest BCUT2D eigenvalue weighted by Crippen LogP contribution is 2.31. The van der Waals surface area contributed by atoms with Crippen LogP contribution in [0.15, 0.2) is 18.2 Å². The summed E-state index contributed by atoms with van der Waals surface area (Å²) in [6, 6.07) is 5.44. The van der Waals surface area contributed by atoms with Crippen LogP contribution in [-0.4, -0.2) is 0 Å². The van der Waals surface area contributed by atoms with Gasteiger partial charge in [0.25, 0.3) is 0 Å². The molecule has 0 saturated carbocycles. The first kappa shape index (κ1) is 12.8. The molecule has 84 valence electrons. The average molecular weight is 246 g/mol. The highest BCUT2D eigenvalue weighted by molar-refractivity contribution is 6.36. The lowest BCUT2D eigenvalue weighted by molar-refractivity contribution is 0.507. The highest BCUT2D eigenvalue weighted by atomic mass is 35.5. The number of hydrogen-bond acceptors (Lipinski definition) is 1. The van der Waals surface area contributed by atoms with Crippen molar-refractivity contribution >= 4 is 23.2 Å². The molecule has 0 aliphatic heterocycles. The molecule has 0 unspecified atom stereocenters. The molecule has 1 aromatic rings. The van der Waals surface area contributed by atoms with E-state index in [-0.39, 0.29) is 6.04 Å². The second kappa shape index (κ2) is 5.74. The highest BCUT2D eigenvalue weighted by Gasteiger charge is 2.14. The number of halogens is 2. The van der Waals surface area contributed by atoms with Gasteiger partial charge in [0.05, 0.1) is 0 Å². The van der Waals surface area contributed by atoms with Gasteiger partial charge in [0.2, 0.25) is 0 Å². The second-order valence-corrected chi connectivity index (χ2v) is 5.03. The summed E-state index contributed by atoms with van der Waals surface area (Å²) in [5.41, 5.74) is 6.95. The average Bonchev–Trinajstić information content (AvgIpc) is 2.14. The van der Waals surface area contributed by atoms with Crippen LogP contribution in [-0.2, 0) is 0 Å². The maximum Gasteiger partial charge on any atom is 0.0468 e. The Hall–Kier alpha value is -0.240. The van der Waals surface area contributed by atoms with E-state index in [1.54, 1.807) is 0 Å². The van der Waals surface area contributed by atoms with Crippen LogP contribution in [0.4, 0.5) is 0 Å². The van der Waals surface area contributed by atoms with E-state index in [1.807, 2.05) is 18.2 Å². The van der Waals surface area contributed by atoms with Crippen molar-refractivity contribution in [3.8, 4) is 0 Å². The Labute approximate surface area is 102 Å². The number of hydrogen-bond donors (Lipinski definition) is 1. The topological polar surface area (TPSA) is 26.0 Å². The zero-order valence-electron chi connectivity index (χ0n) is 9.13. The summed E-state index contributed by atoms with van der Waals surface area (Å²) in [6.07, 6.45) is 2.00. The van der Waals surface area contributed by atoms with Gasteiger partial charge in [-0.25, -0.2) is 0 Å². The van der Waals surface area contributed by atoms with Crippen molar-refractivity contribution in [3.05, 3.63) is 33.8 Å². The number of nitrogens with two attached hydrogens (primary N) is 1. The molecule has 0 aliphatic rings. The molecule has 1 nitrogen and oxygen atoms in total. The molecule has 0 fully saturated rings. The molecule has 1 aromatic carbocycles. The Morgan fingerprint density at radius 1 is 1.13 bits per heavy atom. The first-order valence-corrected chi connectivity index (χ1v) is 5.97. The van der Waals surface area contributed by atoms with Gasteiger partial charge in [0, 0.05) is 21.7 Å². The van der Waals surface area contributed by atoms with E-state index in [0.29, 0.717) is 16.0 Å². The molecule has 0 bridgehead atoms. The molecule has 1 atom stereocenters. The van der Waals surface area contributed by atoms with Crippen molar-refractivity contribution in [3.63, 3.8) is 0 Å². The van der Waals surface area contributed by atoms with Crippen LogP contribution in [0, 0.1) is 5.92 Å². The smallest absolute Gasteiger partial charge is 0.0468 e. The van der Waals surface area contributed by atoms with E-state index in [9.17, 15) is 0 Å². The Morgan fingerprint density at radius 3 is 2.13 bits per heavy atom. The summed E-state index contributed by atoms with van der Waals surface area (Å²) < 4.78 is 0. The minimum atomic E-state index is -0.0615. The molecule has 0 radical (unpaired) electrons. The van der Waals surface area contributed by atoms with Crippen LogP contribution in [0.3, 0.4) is 0 Å². The summed E-state index contributed by atoms with van der Waals surface area (Å²) >= 11 is 12.2. The molecule has 0 heterocycles. The number of benzene rings is 1. The molecular formula is C12H17Cl2N. The SMILES string of the molecule is CC(C)CC[C@@H](N)c1c(Cl)cccc1Cl. The lowest BCUT2D eigenvalue weighted by atomic mass is 9.98. The van der Waals surface area contributed by atoms with E-state index in [0.717, 1.165) is 18.4 Å². The fourth-order valence-electron chi connectivity index (χ4n) is 1.52. The third-order valence-corrected chi connectivity index (χ3v) is 3.08. The molecule has 15 heavy (non-hydrogen) atoms. The van der Waals surface area contributed by atoms with Gasteiger partial charge in [-0.05, 0) is 30.9 Å². The van der Waals surface area contributed by atoms with Crippen molar-refractivity contribution < 1.29 is 0 Å². The van der Waals surface area contributed by atoms with Crippen molar-refractivity contribution in [2.75, 3.05) is 0 Å². The number of rotatable bonds is 4. The van der Waals surface area contributed by atoms with Crippen molar-refractivity contribution in [2.24, 2.45) is 11.7 Å². The Bertz CT molecular complexity index is 303. The molecule has 0 spiro atoms. The monoisotopic (exact) mass is 245 g/mol. The standard InChI is InChI=1S/C12H17Cl2N/c1-8(2)6-7-11(15)12-9(13)4-3-5-10(12)14/h3-5,8,11H,6-7,15H2,1-2H3/t11-/m1/s1. The third-order valence-electron chi connectivity index (χ3n) is 2.43. The Kier molecular flexibility index (Phi) is 4.91. The van der Waals surface area contributed by atoms with Crippen LogP contribution < -0.4 is 5.73 Å².